The maximum absolute atomic E-state index is 12.4. The van der Waals surface area contributed by atoms with Crippen LogP contribution in [-0.2, 0) is 0 Å². The fraction of sp³-hybridized carbons (Fsp3) is 0.150. The molecule has 3 N–H and O–H groups in total. The minimum Gasteiger partial charge on any atom is -0.366 e. The van der Waals surface area contributed by atoms with Crippen molar-refractivity contribution in [1.82, 2.24) is 4.98 Å². The first-order valence-electron chi connectivity index (χ1n) is 8.21. The Morgan fingerprint density at radius 3 is 2.50 bits per heavy atom. The quantitative estimate of drug-likeness (QED) is 0.707. The summed E-state index contributed by atoms with van der Waals surface area (Å²) in [5, 5.41) is 5.25. The van der Waals surface area contributed by atoms with Gasteiger partial charge in [-0.3, -0.25) is 9.59 Å². The number of benzene rings is 2. The Balaban J connectivity index is 1.75. The van der Waals surface area contributed by atoms with Crippen molar-refractivity contribution in [2.45, 2.75) is 19.8 Å². The Kier molecular flexibility index (Phi) is 5.14. The molecule has 0 atom stereocenters. The Bertz CT molecular complexity index is 946. The van der Waals surface area contributed by atoms with Gasteiger partial charge in [-0.2, -0.15) is 0 Å². The number of carbonyl (C=O) groups excluding carboxylic acids is 2. The van der Waals surface area contributed by atoms with Crippen LogP contribution in [0.3, 0.4) is 0 Å². The largest absolute Gasteiger partial charge is 0.366 e. The summed E-state index contributed by atoms with van der Waals surface area (Å²) in [5.74, 6) is -0.396. The van der Waals surface area contributed by atoms with Crippen LogP contribution in [0.5, 0.6) is 0 Å². The molecule has 2 aromatic carbocycles. The van der Waals surface area contributed by atoms with E-state index in [1.54, 1.807) is 23.6 Å². The molecule has 1 heterocycles. The summed E-state index contributed by atoms with van der Waals surface area (Å²) in [6.45, 7) is 4.29. The van der Waals surface area contributed by atoms with Crippen molar-refractivity contribution in [2.24, 2.45) is 5.73 Å². The molecule has 0 radical (unpaired) electrons. The molecule has 0 saturated carbocycles. The van der Waals surface area contributed by atoms with Crippen molar-refractivity contribution in [1.29, 1.82) is 0 Å². The minimum absolute atomic E-state index is 0.326. The van der Waals surface area contributed by atoms with Crippen LogP contribution in [-0.4, -0.2) is 16.8 Å². The molecule has 6 heteroatoms. The number of primary amides is 1. The first-order chi connectivity index (χ1) is 12.4. The first-order valence-corrected chi connectivity index (χ1v) is 9.09. The van der Waals surface area contributed by atoms with E-state index < -0.39 is 5.91 Å². The highest BCUT2D eigenvalue weighted by Crippen LogP contribution is 2.26. The van der Waals surface area contributed by atoms with E-state index in [-0.39, 0.29) is 5.91 Å². The fourth-order valence-electron chi connectivity index (χ4n) is 2.47. The lowest BCUT2D eigenvalue weighted by molar-refractivity contribution is 0.0995. The van der Waals surface area contributed by atoms with Crippen LogP contribution in [0.25, 0.3) is 10.6 Å². The Hall–Kier alpha value is -2.99. The van der Waals surface area contributed by atoms with E-state index in [0.717, 1.165) is 10.6 Å². The molecule has 0 saturated heterocycles. The fourth-order valence-corrected chi connectivity index (χ4v) is 3.27. The molecule has 0 aliphatic heterocycles. The van der Waals surface area contributed by atoms with Gasteiger partial charge in [0, 0.05) is 22.2 Å². The number of nitrogens with one attached hydrogen (secondary N) is 1. The highest BCUT2D eigenvalue weighted by atomic mass is 32.1. The summed E-state index contributed by atoms with van der Waals surface area (Å²) in [7, 11) is 0. The number of nitrogens with zero attached hydrogens (tertiary/aromatic N) is 1. The number of hydrogen-bond acceptors (Lipinski definition) is 4. The van der Waals surface area contributed by atoms with Gasteiger partial charge in [-0.1, -0.05) is 44.2 Å². The lowest BCUT2D eigenvalue weighted by Crippen LogP contribution is -2.14. The van der Waals surface area contributed by atoms with E-state index >= 15 is 0 Å². The monoisotopic (exact) mass is 365 g/mol. The molecule has 0 bridgehead atoms. The first kappa shape index (κ1) is 17.8. The molecular weight excluding hydrogens is 346 g/mol. The second-order valence-electron chi connectivity index (χ2n) is 6.21. The molecule has 26 heavy (non-hydrogen) atoms. The number of anilines is 1. The van der Waals surface area contributed by atoms with Crippen molar-refractivity contribution in [3.63, 3.8) is 0 Å². The maximum atomic E-state index is 12.4. The molecule has 3 rings (SSSR count). The Morgan fingerprint density at radius 1 is 1.12 bits per heavy atom. The molecule has 1 aromatic heterocycles. The molecule has 0 fully saturated rings. The summed E-state index contributed by atoms with van der Waals surface area (Å²) in [5.41, 5.74) is 8.68. The summed E-state index contributed by atoms with van der Waals surface area (Å²) in [4.78, 5) is 28.1. The second-order valence-corrected chi connectivity index (χ2v) is 7.07. The van der Waals surface area contributed by atoms with Crippen molar-refractivity contribution in [2.75, 3.05) is 5.32 Å². The number of rotatable bonds is 5. The minimum atomic E-state index is -0.540. The lowest BCUT2D eigenvalue weighted by atomic mass is 10.0. The van der Waals surface area contributed by atoms with Crippen LogP contribution in [0, 0.1) is 0 Å². The average molecular weight is 365 g/mol. The zero-order chi connectivity index (χ0) is 18.7. The smallest absolute Gasteiger partial charge is 0.275 e. The summed E-state index contributed by atoms with van der Waals surface area (Å²) >= 11 is 1.42. The van der Waals surface area contributed by atoms with Crippen LogP contribution in [0.15, 0.2) is 53.9 Å². The van der Waals surface area contributed by atoms with Crippen LogP contribution in [0.1, 0.15) is 46.2 Å². The van der Waals surface area contributed by atoms with Gasteiger partial charge >= 0.3 is 0 Å². The molecule has 0 aliphatic carbocycles. The van der Waals surface area contributed by atoms with Crippen molar-refractivity contribution < 1.29 is 9.59 Å². The van der Waals surface area contributed by atoms with E-state index in [1.165, 1.54) is 23.0 Å². The van der Waals surface area contributed by atoms with Gasteiger partial charge in [-0.25, -0.2) is 4.98 Å². The summed E-state index contributed by atoms with van der Waals surface area (Å²) < 4.78 is 0. The summed E-state index contributed by atoms with van der Waals surface area (Å²) in [6, 6.07) is 14.7. The van der Waals surface area contributed by atoms with E-state index in [4.69, 9.17) is 5.73 Å². The van der Waals surface area contributed by atoms with E-state index in [9.17, 15) is 9.59 Å². The van der Waals surface area contributed by atoms with E-state index in [0.29, 0.717) is 22.9 Å². The zero-order valence-corrected chi connectivity index (χ0v) is 15.3. The van der Waals surface area contributed by atoms with Gasteiger partial charge in [0.25, 0.3) is 5.91 Å². The molecule has 0 spiro atoms. The lowest BCUT2D eigenvalue weighted by Gasteiger charge is -2.05. The predicted molar refractivity (Wildman–Crippen MR) is 105 cm³/mol. The molecular formula is C20H19N3O2S. The second kappa shape index (κ2) is 7.49. The van der Waals surface area contributed by atoms with Crippen LogP contribution in [0.2, 0.25) is 0 Å². The van der Waals surface area contributed by atoms with Gasteiger partial charge in [-0.15, -0.1) is 11.3 Å². The van der Waals surface area contributed by atoms with Gasteiger partial charge in [0.15, 0.2) is 0 Å². The van der Waals surface area contributed by atoms with Gasteiger partial charge in [0.05, 0.1) is 0 Å². The third-order valence-corrected chi connectivity index (χ3v) is 4.86. The number of amides is 2. The maximum Gasteiger partial charge on any atom is 0.275 e. The number of nitrogens with two attached hydrogens (primary N) is 1. The van der Waals surface area contributed by atoms with Crippen molar-refractivity contribution in [3.05, 3.63) is 70.7 Å². The molecule has 3 aromatic rings. The van der Waals surface area contributed by atoms with Gasteiger partial charge in [0.1, 0.15) is 10.7 Å². The van der Waals surface area contributed by atoms with E-state index in [1.807, 2.05) is 12.1 Å². The zero-order valence-electron chi connectivity index (χ0n) is 14.5. The van der Waals surface area contributed by atoms with Crippen molar-refractivity contribution in [3.8, 4) is 10.6 Å². The molecule has 132 valence electrons. The number of thiazole rings is 1. The Morgan fingerprint density at radius 2 is 1.85 bits per heavy atom. The SMILES string of the molecule is CC(C)c1ccc(-c2nc(C(=O)Nc3cccc(C(N)=O)c3)cs2)cc1. The van der Waals surface area contributed by atoms with Crippen LogP contribution < -0.4 is 11.1 Å². The van der Waals surface area contributed by atoms with Crippen molar-refractivity contribution >= 4 is 28.8 Å². The summed E-state index contributed by atoms with van der Waals surface area (Å²) in [6.07, 6.45) is 0. The highest BCUT2D eigenvalue weighted by molar-refractivity contribution is 7.13. The van der Waals surface area contributed by atoms with Gasteiger partial charge in [-0.05, 0) is 29.7 Å². The molecule has 0 unspecified atom stereocenters. The highest BCUT2D eigenvalue weighted by Gasteiger charge is 2.13. The molecule has 5 nitrogen and oxygen atoms in total. The predicted octanol–water partition coefficient (Wildman–Crippen LogP) is 4.28. The van der Waals surface area contributed by atoms with Gasteiger partial charge in [0.2, 0.25) is 5.91 Å². The molecule has 2 amide bonds. The normalized spacial score (nSPS) is 10.7. The number of carbonyl (C=O) groups is 2. The Labute approximate surface area is 155 Å². The van der Waals surface area contributed by atoms with Gasteiger partial charge < -0.3 is 11.1 Å². The third kappa shape index (κ3) is 3.97. The topological polar surface area (TPSA) is 85.1 Å². The van der Waals surface area contributed by atoms with E-state index in [2.05, 4.69) is 36.3 Å². The van der Waals surface area contributed by atoms with Crippen LogP contribution >= 0.6 is 11.3 Å². The van der Waals surface area contributed by atoms with Crippen LogP contribution in [0.4, 0.5) is 5.69 Å². The third-order valence-electron chi connectivity index (χ3n) is 3.97. The standard InChI is InChI=1S/C20H19N3O2S/c1-12(2)13-6-8-14(9-7-13)20-23-17(11-26-20)19(25)22-16-5-3-4-15(10-16)18(21)24/h3-12H,1-2H3,(H2,21,24)(H,22,25). The average Bonchev–Trinajstić information content (AvgIpc) is 3.12. The number of hydrogen-bond donors (Lipinski definition) is 2. The molecule has 0 aliphatic rings. The number of aromatic nitrogens is 1.